The Balaban J connectivity index is 1.81. The molecule has 0 spiro atoms. The minimum absolute atomic E-state index is 0.199. The number of rotatable bonds is 5. The molecule has 21 heavy (non-hydrogen) atoms. The average Bonchev–Trinajstić information content (AvgIpc) is 2.47. The Morgan fingerprint density at radius 2 is 2.05 bits per heavy atom. The number of carbonyl (C=O) groups excluding carboxylic acids is 1. The van der Waals surface area contributed by atoms with E-state index in [2.05, 4.69) is 15.5 Å². The van der Waals surface area contributed by atoms with Crippen molar-refractivity contribution in [2.75, 3.05) is 6.61 Å². The van der Waals surface area contributed by atoms with Crippen LogP contribution in [0.25, 0.3) is 0 Å². The molecule has 1 heterocycles. The van der Waals surface area contributed by atoms with Gasteiger partial charge in [0.25, 0.3) is 5.91 Å². The number of carbonyl (C=O) groups is 1. The van der Waals surface area contributed by atoms with Crippen molar-refractivity contribution < 1.29 is 9.53 Å². The first kappa shape index (κ1) is 15.3. The summed E-state index contributed by atoms with van der Waals surface area (Å²) in [5, 5.41) is 4.65. The van der Waals surface area contributed by atoms with Crippen molar-refractivity contribution in [3.05, 3.63) is 58.3 Å². The number of hydrazone groups is 1. The highest BCUT2D eigenvalue weighted by Crippen LogP contribution is 2.27. The zero-order chi connectivity index (χ0) is 15.1. The smallest absolute Gasteiger partial charge is 0.277 e. The molecule has 7 heteroatoms. The van der Waals surface area contributed by atoms with Gasteiger partial charge in [0.05, 0.1) is 11.2 Å². The van der Waals surface area contributed by atoms with E-state index in [0.717, 1.165) is 5.56 Å². The van der Waals surface area contributed by atoms with Crippen molar-refractivity contribution in [3.63, 3.8) is 0 Å². The summed E-state index contributed by atoms with van der Waals surface area (Å²) in [6.07, 6.45) is 4.78. The Bertz CT molecular complexity index is 648. The first-order valence-electron chi connectivity index (χ1n) is 5.95. The summed E-state index contributed by atoms with van der Waals surface area (Å²) in [6, 6.07) is 8.29. The number of ether oxygens (including phenoxy) is 1. The highest BCUT2D eigenvalue weighted by Gasteiger charge is 2.05. The van der Waals surface area contributed by atoms with Gasteiger partial charge < -0.3 is 4.74 Å². The van der Waals surface area contributed by atoms with Crippen LogP contribution >= 0.6 is 23.2 Å². The maximum Gasteiger partial charge on any atom is 0.277 e. The predicted octanol–water partition coefficient (Wildman–Crippen LogP) is 2.92. The van der Waals surface area contributed by atoms with E-state index in [4.69, 9.17) is 27.9 Å². The zero-order valence-corrected chi connectivity index (χ0v) is 12.3. The fraction of sp³-hybridized carbons (Fsp3) is 0.0714. The van der Waals surface area contributed by atoms with Crippen molar-refractivity contribution in [2.24, 2.45) is 5.10 Å². The summed E-state index contributed by atoms with van der Waals surface area (Å²) in [4.78, 5) is 15.4. The zero-order valence-electron chi connectivity index (χ0n) is 10.8. The van der Waals surface area contributed by atoms with Crippen LogP contribution < -0.4 is 10.2 Å². The lowest BCUT2D eigenvalue weighted by molar-refractivity contribution is -0.123. The molecule has 108 valence electrons. The Morgan fingerprint density at radius 1 is 1.29 bits per heavy atom. The summed E-state index contributed by atoms with van der Waals surface area (Å²) in [5.41, 5.74) is 3.17. The Morgan fingerprint density at radius 3 is 2.76 bits per heavy atom. The molecule has 0 radical (unpaired) electrons. The first-order valence-corrected chi connectivity index (χ1v) is 6.70. The summed E-state index contributed by atoms with van der Waals surface area (Å²) >= 11 is 11.7. The number of aromatic nitrogens is 1. The molecule has 0 saturated heterocycles. The van der Waals surface area contributed by atoms with Crippen molar-refractivity contribution >= 4 is 35.3 Å². The van der Waals surface area contributed by atoms with Crippen LogP contribution in [0.2, 0.25) is 10.0 Å². The number of hydrogen-bond acceptors (Lipinski definition) is 4. The lowest BCUT2D eigenvalue weighted by Crippen LogP contribution is -2.24. The molecule has 5 nitrogen and oxygen atoms in total. The molecule has 0 aliphatic carbocycles. The number of pyridine rings is 1. The number of amides is 1. The quantitative estimate of drug-likeness (QED) is 0.679. The van der Waals surface area contributed by atoms with Crippen molar-refractivity contribution in [3.8, 4) is 5.75 Å². The maximum absolute atomic E-state index is 11.6. The molecular weight excluding hydrogens is 313 g/mol. The minimum Gasteiger partial charge on any atom is -0.482 e. The largest absolute Gasteiger partial charge is 0.482 e. The van der Waals surface area contributed by atoms with Gasteiger partial charge >= 0.3 is 0 Å². The van der Waals surface area contributed by atoms with Gasteiger partial charge in [0.1, 0.15) is 5.75 Å². The standard InChI is InChI=1S/C14H11Cl2N3O2/c15-11-1-2-13(12(16)7-11)21-9-14(20)19-18-8-10-3-5-17-6-4-10/h1-8H,9H2,(H,19,20). The van der Waals surface area contributed by atoms with Gasteiger partial charge in [-0.15, -0.1) is 0 Å². The molecule has 0 unspecified atom stereocenters. The van der Waals surface area contributed by atoms with Gasteiger partial charge in [-0.05, 0) is 35.9 Å². The summed E-state index contributed by atoms with van der Waals surface area (Å²) in [7, 11) is 0. The Labute approximate surface area is 131 Å². The average molecular weight is 324 g/mol. The molecule has 0 saturated carbocycles. The van der Waals surface area contributed by atoms with E-state index in [1.807, 2.05) is 0 Å². The summed E-state index contributed by atoms with van der Waals surface area (Å²) < 4.78 is 5.27. The molecule has 1 aromatic heterocycles. The maximum atomic E-state index is 11.6. The minimum atomic E-state index is -0.397. The highest BCUT2D eigenvalue weighted by molar-refractivity contribution is 6.35. The van der Waals surface area contributed by atoms with E-state index < -0.39 is 5.91 Å². The lowest BCUT2D eigenvalue weighted by atomic mass is 10.3. The van der Waals surface area contributed by atoms with Gasteiger partial charge in [0.15, 0.2) is 6.61 Å². The van der Waals surface area contributed by atoms with Gasteiger partial charge in [-0.2, -0.15) is 5.10 Å². The van der Waals surface area contributed by atoms with Crippen LogP contribution in [0.5, 0.6) is 5.75 Å². The monoisotopic (exact) mass is 323 g/mol. The second kappa shape index (κ2) is 7.61. The molecule has 2 aromatic rings. The topological polar surface area (TPSA) is 63.6 Å². The molecule has 0 bridgehead atoms. The number of benzene rings is 1. The third-order valence-corrected chi connectivity index (χ3v) is 2.89. The van der Waals surface area contributed by atoms with Crippen LogP contribution in [-0.2, 0) is 4.79 Å². The molecule has 1 amide bonds. The Hall–Kier alpha value is -2.11. The van der Waals surface area contributed by atoms with E-state index in [0.29, 0.717) is 15.8 Å². The molecule has 0 aliphatic heterocycles. The molecule has 0 fully saturated rings. The predicted molar refractivity (Wildman–Crippen MR) is 81.9 cm³/mol. The third kappa shape index (κ3) is 5.06. The van der Waals surface area contributed by atoms with Crippen molar-refractivity contribution in [1.82, 2.24) is 10.4 Å². The van der Waals surface area contributed by atoms with Gasteiger partial charge in [-0.25, -0.2) is 5.43 Å². The molecule has 1 N–H and O–H groups in total. The van der Waals surface area contributed by atoms with E-state index >= 15 is 0 Å². The van der Waals surface area contributed by atoms with Crippen LogP contribution in [0.15, 0.2) is 47.8 Å². The van der Waals surface area contributed by atoms with E-state index in [-0.39, 0.29) is 6.61 Å². The van der Waals surface area contributed by atoms with Crippen molar-refractivity contribution in [2.45, 2.75) is 0 Å². The molecule has 1 aromatic carbocycles. The van der Waals surface area contributed by atoms with E-state index in [9.17, 15) is 4.79 Å². The second-order valence-corrected chi connectivity index (χ2v) is 4.78. The fourth-order valence-corrected chi connectivity index (χ4v) is 1.86. The van der Waals surface area contributed by atoms with Crippen molar-refractivity contribution in [1.29, 1.82) is 0 Å². The van der Waals surface area contributed by atoms with Gasteiger partial charge in [0.2, 0.25) is 0 Å². The summed E-state index contributed by atoms with van der Waals surface area (Å²) in [6.45, 7) is -0.199. The van der Waals surface area contributed by atoms with Gasteiger partial charge in [-0.3, -0.25) is 9.78 Å². The number of nitrogens with zero attached hydrogens (tertiary/aromatic N) is 2. The van der Waals surface area contributed by atoms with E-state index in [1.54, 1.807) is 36.7 Å². The first-order chi connectivity index (χ1) is 10.1. The molecular formula is C14H11Cl2N3O2. The van der Waals surface area contributed by atoms with Gasteiger partial charge in [0, 0.05) is 17.4 Å². The normalized spacial score (nSPS) is 10.6. The number of hydrogen-bond donors (Lipinski definition) is 1. The van der Waals surface area contributed by atoms with Gasteiger partial charge in [-0.1, -0.05) is 23.2 Å². The van der Waals surface area contributed by atoms with Crippen LogP contribution in [0.1, 0.15) is 5.56 Å². The Kier molecular flexibility index (Phi) is 5.54. The molecule has 2 rings (SSSR count). The SMILES string of the molecule is O=C(COc1ccc(Cl)cc1Cl)NN=Cc1ccncc1. The lowest BCUT2D eigenvalue weighted by Gasteiger charge is -2.06. The van der Waals surface area contributed by atoms with Crippen LogP contribution in [0.3, 0.4) is 0 Å². The third-order valence-electron chi connectivity index (χ3n) is 2.36. The summed E-state index contributed by atoms with van der Waals surface area (Å²) in [5.74, 6) is -0.0133. The molecule has 0 aliphatic rings. The fourth-order valence-electron chi connectivity index (χ4n) is 1.40. The number of halogens is 2. The van der Waals surface area contributed by atoms with Crippen LogP contribution in [0, 0.1) is 0 Å². The number of nitrogens with one attached hydrogen (secondary N) is 1. The van der Waals surface area contributed by atoms with Crippen LogP contribution in [-0.4, -0.2) is 23.7 Å². The highest BCUT2D eigenvalue weighted by atomic mass is 35.5. The molecule has 0 atom stereocenters. The van der Waals surface area contributed by atoms with E-state index in [1.165, 1.54) is 12.3 Å². The van der Waals surface area contributed by atoms with Crippen LogP contribution in [0.4, 0.5) is 0 Å². The second-order valence-electron chi connectivity index (χ2n) is 3.94.